The van der Waals surface area contributed by atoms with E-state index in [0.29, 0.717) is 49.0 Å². The second-order valence-corrected chi connectivity index (χ2v) is 33.9. The number of nitrogens with two attached hydrogens (primary N) is 1. The van der Waals surface area contributed by atoms with Crippen molar-refractivity contribution in [3.8, 4) is 11.1 Å². The Hall–Kier alpha value is -11.5. The topological polar surface area (TPSA) is 393 Å². The molecule has 1 heterocycles. The van der Waals surface area contributed by atoms with Gasteiger partial charge >= 0.3 is 0 Å². The second-order valence-electron chi connectivity index (χ2n) is 33.9. The summed E-state index contributed by atoms with van der Waals surface area (Å²) in [5, 5.41) is 69.5. The summed E-state index contributed by atoms with van der Waals surface area (Å²) in [7, 11) is 0. The summed E-state index contributed by atoms with van der Waals surface area (Å²) in [6.07, 6.45) is -4.26. The van der Waals surface area contributed by atoms with Crippen molar-refractivity contribution in [2.45, 2.75) is 238 Å². The van der Waals surface area contributed by atoms with E-state index < -0.39 is 151 Å². The predicted octanol–water partition coefficient (Wildman–Crippen LogP) is 7.87. The Bertz CT molecular complexity index is 4810. The number of nitrogens with one attached hydrogen (secondary N) is 11. The number of Topliss-reactive ketones (excluding diaryl/α,β-unsaturated/α-hetero) is 2. The van der Waals surface area contributed by atoms with Gasteiger partial charge in [-0.25, -0.2) is 0 Å². The molecule has 1 aliphatic rings. The third-order valence-corrected chi connectivity index (χ3v) is 22.8. The Morgan fingerprint density at radius 1 is 0.456 bits per heavy atom. The van der Waals surface area contributed by atoms with E-state index >= 15 is 0 Å². The van der Waals surface area contributed by atoms with Gasteiger partial charge in [-0.05, 0) is 153 Å². The van der Waals surface area contributed by atoms with E-state index in [1.165, 1.54) is 18.7 Å². The molecule has 0 radical (unpaired) electrons. The third kappa shape index (κ3) is 28.8. The number of rotatable bonds is 47. The quantitative estimate of drug-likeness (QED) is 0.0127. The van der Waals surface area contributed by atoms with Crippen LogP contribution in [0.15, 0.2) is 212 Å². The first-order chi connectivity index (χ1) is 59.8. The Balaban J connectivity index is 0.866. The van der Waals surface area contributed by atoms with E-state index in [4.69, 9.17) is 5.73 Å². The molecule has 8 amide bonds. The highest BCUT2D eigenvalue weighted by molar-refractivity contribution is 5.97. The summed E-state index contributed by atoms with van der Waals surface area (Å²) < 4.78 is 0. The number of hydrogen-bond donors (Lipinski definition) is 15. The van der Waals surface area contributed by atoms with Gasteiger partial charge in [0.2, 0.25) is 47.3 Å². The van der Waals surface area contributed by atoms with Gasteiger partial charge in [0.25, 0.3) is 0 Å². The third-order valence-electron chi connectivity index (χ3n) is 22.8. The maximum Gasteiger partial charge on any atom is 0.243 e. The van der Waals surface area contributed by atoms with Crippen LogP contribution in [0.1, 0.15) is 162 Å². The number of benzene rings is 8. The molecule has 0 bridgehead atoms. The average molecular weight is 1710 g/mol. The van der Waals surface area contributed by atoms with E-state index in [-0.39, 0.29) is 62.7 Å². The highest BCUT2D eigenvalue weighted by Gasteiger charge is 2.41. The minimum absolute atomic E-state index is 0.0119. The first-order valence-corrected chi connectivity index (χ1v) is 43.5. The van der Waals surface area contributed by atoms with Gasteiger partial charge in [0.05, 0.1) is 42.3 Å². The van der Waals surface area contributed by atoms with Crippen molar-refractivity contribution in [1.82, 2.24) is 63.4 Å². The average Bonchev–Trinajstić information content (AvgIpc) is 1.20. The fourth-order valence-electron chi connectivity index (χ4n) is 15.8. The van der Waals surface area contributed by atoms with Gasteiger partial charge in [-0.3, -0.25) is 69.2 Å². The molecule has 0 aliphatic carbocycles. The van der Waals surface area contributed by atoms with Crippen LogP contribution in [0.5, 0.6) is 0 Å². The lowest BCUT2D eigenvalue weighted by Crippen LogP contribution is -2.62. The van der Waals surface area contributed by atoms with Crippen LogP contribution in [-0.4, -0.2) is 171 Å². The monoisotopic (exact) mass is 1710 g/mol. The minimum atomic E-state index is -1.67. The largest absolute Gasteiger partial charge is 0.377 e. The van der Waals surface area contributed by atoms with Crippen LogP contribution < -0.4 is 64.2 Å². The summed E-state index contributed by atoms with van der Waals surface area (Å²) >= 11 is 0. The van der Waals surface area contributed by atoms with Crippen molar-refractivity contribution in [2.75, 3.05) is 13.1 Å². The van der Waals surface area contributed by atoms with E-state index in [9.17, 15) is 63.3 Å². The lowest BCUT2D eigenvalue weighted by molar-refractivity contribution is -0.140. The molecule has 1 fully saturated rings. The Morgan fingerprint density at radius 3 is 1.42 bits per heavy atom. The molecule has 1 aliphatic heterocycles. The van der Waals surface area contributed by atoms with Crippen LogP contribution in [0.3, 0.4) is 0 Å². The molecule has 26 heteroatoms. The summed E-state index contributed by atoms with van der Waals surface area (Å²) in [5.74, 6) is -6.55. The lowest BCUT2D eigenvalue weighted by atomic mass is 9.76. The number of carbonyl (C=O) groups is 10. The van der Waals surface area contributed by atoms with Gasteiger partial charge in [-0.2, -0.15) is 0 Å². The summed E-state index contributed by atoms with van der Waals surface area (Å²) in [6, 6.07) is 57.2. The van der Waals surface area contributed by atoms with E-state index in [0.717, 1.165) is 55.6 Å². The molecule has 0 saturated carbocycles. The first-order valence-electron chi connectivity index (χ1n) is 43.5. The molecule has 125 heavy (non-hydrogen) atoms. The molecule has 26 nitrogen and oxygen atoms in total. The summed E-state index contributed by atoms with van der Waals surface area (Å²) in [5.41, 5.74) is 17.3. The highest BCUT2D eigenvalue weighted by atomic mass is 16.3. The number of amides is 8. The van der Waals surface area contributed by atoms with Gasteiger partial charge in [0.15, 0.2) is 0 Å². The fraction of sp³-hybridized carbons (Fsp3) is 0.414. The molecular formula is C99H127N13O13. The van der Waals surface area contributed by atoms with E-state index in [1.54, 1.807) is 27.7 Å². The number of aliphatic hydroxyl groups is 3. The molecule has 1 saturated heterocycles. The second kappa shape index (κ2) is 47.6. The lowest BCUT2D eigenvalue weighted by Gasteiger charge is -2.37. The molecule has 666 valence electrons. The van der Waals surface area contributed by atoms with Crippen molar-refractivity contribution in [1.29, 1.82) is 0 Å². The Kier molecular flexibility index (Phi) is 37.1. The molecule has 13 atom stereocenters. The molecule has 8 aromatic carbocycles. The van der Waals surface area contributed by atoms with Crippen LogP contribution in [0.2, 0.25) is 0 Å². The van der Waals surface area contributed by atoms with E-state index in [1.807, 2.05) is 191 Å². The molecule has 0 spiro atoms. The standard InChI is InChI=1S/C99H127N13O13/c1-12-79(104-96(123)86-33-24-50-112(86)98(125)78(100)51-61(3)4)91(118)107-82(53-67(11)114)93(120)110-85(56-69-42-36-64(8)37-43-69)95(122)108-83(55-68-40-34-63(7)35-41-68)90(117)102-60-87(115)111-88(62(5)6)97(124)105-80(13-2)92(119)109-84(57-70-44-46-74(47-45-70)73-27-17-14-18-28-73)94(121)106-81(52-66(10)113)89(116)101-58-71-25-23-26-72(54-71)59-103-99(75-29-19-15-20-30-75,76-31-21-16-22-32-76)77-48-38-65(9)39-49-77/h14-23,25-32,34-49,54,61-62,78-86,88,90,94-95,102-103,106,108,117,121-122H,12-13,24,33,50-53,55-60,100H2,1-11H3,(H,101,116)(H,104,123)(H,105,124)(H,107,118)(H,109,119)(H,110,120)(H,111,115)/t78-,79-,80-,81-,82-,83-,84-,85-,86-,88-,90-,94-,95+/m0/s1. The Morgan fingerprint density at radius 2 is 0.904 bits per heavy atom. The van der Waals surface area contributed by atoms with Crippen molar-refractivity contribution in [3.63, 3.8) is 0 Å². The van der Waals surface area contributed by atoms with Crippen molar-refractivity contribution >= 4 is 58.8 Å². The van der Waals surface area contributed by atoms with Gasteiger partial charge < -0.3 is 63.2 Å². The molecule has 16 N–H and O–H groups in total. The van der Waals surface area contributed by atoms with Crippen molar-refractivity contribution < 1.29 is 63.3 Å². The summed E-state index contributed by atoms with van der Waals surface area (Å²) in [4.78, 5) is 142. The number of nitrogens with zero attached hydrogens (tertiary/aromatic N) is 1. The van der Waals surface area contributed by atoms with Crippen LogP contribution in [0.4, 0.5) is 0 Å². The SMILES string of the molecule is CC[C@H](NC(=O)[C@@H](NC(=O)CN[C@@H](O)[C@H](Cc1ccc(C)cc1)N[C@H](O)[C@H](Cc1ccc(C)cc1)NC(=O)[C@H](CC(C)=O)NC(=O)[C@H](CC)NC(=O)[C@@H]1CCCN1C(=O)[C@@H](N)CC(C)C)C(C)C)C(=O)N[C@@H](Cc1ccc(-c2ccccc2)cc1)[C@H](O)N[C@@H](CC(C)=O)C(=O)NCc1cccc(CNC(c2ccccc2)(c2ccccc2)c2ccc(C)cc2)c1. The van der Waals surface area contributed by atoms with Gasteiger partial charge in [0.1, 0.15) is 60.5 Å². The van der Waals surface area contributed by atoms with Crippen LogP contribution in [0.25, 0.3) is 11.1 Å². The predicted molar refractivity (Wildman–Crippen MR) is 484 cm³/mol. The number of likely N-dealkylation sites (tertiary alicyclic amines) is 1. The number of aryl methyl sites for hydroxylation is 3. The maximum atomic E-state index is 14.8. The molecule has 9 rings (SSSR count). The van der Waals surface area contributed by atoms with Crippen molar-refractivity contribution in [2.24, 2.45) is 17.6 Å². The van der Waals surface area contributed by atoms with Gasteiger partial charge in [-0.1, -0.05) is 271 Å². The summed E-state index contributed by atoms with van der Waals surface area (Å²) in [6.45, 7) is 19.3. The zero-order valence-corrected chi connectivity index (χ0v) is 73.7. The molecule has 0 aromatic heterocycles. The zero-order valence-electron chi connectivity index (χ0n) is 73.7. The number of aliphatic hydroxyl groups excluding tert-OH is 3. The van der Waals surface area contributed by atoms with Crippen LogP contribution in [-0.2, 0) is 85.8 Å². The maximum absolute atomic E-state index is 14.8. The van der Waals surface area contributed by atoms with Crippen LogP contribution in [0, 0.1) is 32.6 Å². The van der Waals surface area contributed by atoms with Gasteiger partial charge in [-0.15, -0.1) is 0 Å². The molecule has 0 unspecified atom stereocenters. The minimum Gasteiger partial charge on any atom is -0.377 e. The van der Waals surface area contributed by atoms with Crippen LogP contribution >= 0.6 is 0 Å². The van der Waals surface area contributed by atoms with Crippen molar-refractivity contribution in [3.05, 3.63) is 274 Å². The van der Waals surface area contributed by atoms with Gasteiger partial charge in [0, 0.05) is 32.5 Å². The number of ketones is 2. The molecule has 8 aromatic rings. The normalized spacial score (nSPS) is 15.7. The van der Waals surface area contributed by atoms with E-state index in [2.05, 4.69) is 114 Å². The smallest absolute Gasteiger partial charge is 0.243 e. The fourth-order valence-corrected chi connectivity index (χ4v) is 15.8. The number of hydrogen-bond acceptors (Lipinski definition) is 18. The Labute approximate surface area is 735 Å². The zero-order chi connectivity index (χ0) is 90.4. The molecular weight excluding hydrogens is 1580 g/mol. The number of carbonyl (C=O) groups excluding carboxylic acids is 10. The highest BCUT2D eigenvalue weighted by Crippen LogP contribution is 2.38. The first kappa shape index (κ1) is 97.3.